The van der Waals surface area contributed by atoms with Gasteiger partial charge in [-0.25, -0.2) is 8.78 Å². The molecule has 0 aliphatic carbocycles. The Morgan fingerprint density at radius 1 is 1.25 bits per heavy atom. The fourth-order valence-corrected chi connectivity index (χ4v) is 4.73. The van der Waals surface area contributed by atoms with E-state index in [0.29, 0.717) is 31.6 Å². The highest BCUT2D eigenvalue weighted by Crippen LogP contribution is 2.43. The van der Waals surface area contributed by atoms with Crippen LogP contribution < -0.4 is 10.1 Å². The quantitative estimate of drug-likeness (QED) is 0.873. The fourth-order valence-electron chi connectivity index (χ4n) is 4.73. The average molecular weight is 386 g/mol. The van der Waals surface area contributed by atoms with E-state index in [1.54, 1.807) is 7.11 Å². The van der Waals surface area contributed by atoms with Crippen LogP contribution in [-0.2, 0) is 11.3 Å². The molecule has 1 amide bonds. The van der Waals surface area contributed by atoms with Crippen LogP contribution in [0.5, 0.6) is 5.75 Å². The van der Waals surface area contributed by atoms with Gasteiger partial charge in [0.1, 0.15) is 17.4 Å². The van der Waals surface area contributed by atoms with Crippen LogP contribution in [0.2, 0.25) is 0 Å². The Labute approximate surface area is 163 Å². The molecule has 2 atom stereocenters. The summed E-state index contributed by atoms with van der Waals surface area (Å²) in [6.45, 7) is 1.76. The molecule has 4 nitrogen and oxygen atoms in total. The predicted octanol–water partition coefficient (Wildman–Crippen LogP) is 3.61. The maximum atomic E-state index is 14.6. The van der Waals surface area contributed by atoms with Gasteiger partial charge >= 0.3 is 0 Å². The molecule has 0 saturated carbocycles. The standard InChI is InChI=1S/C22H24F2N2O2/c1-28-20-6-3-2-5-15(20)12-26-13-18(17-11-16(23)8-9-19(17)24)22(14-26)10-4-7-21(27)25-22/h2-3,5-6,8-9,11,18H,4,7,10,12-14H2,1H3,(H,25,27)/t18-,22+/m0/s1. The molecular formula is C22H24F2N2O2. The first-order valence-corrected chi connectivity index (χ1v) is 9.61. The van der Waals surface area contributed by atoms with E-state index < -0.39 is 17.2 Å². The number of ether oxygens (including phenoxy) is 1. The second-order valence-electron chi connectivity index (χ2n) is 7.76. The van der Waals surface area contributed by atoms with E-state index in [0.717, 1.165) is 30.2 Å². The number of hydrogen-bond donors (Lipinski definition) is 1. The van der Waals surface area contributed by atoms with E-state index in [-0.39, 0.29) is 11.8 Å². The molecule has 1 spiro atoms. The van der Waals surface area contributed by atoms with Gasteiger partial charge in [0.05, 0.1) is 12.6 Å². The van der Waals surface area contributed by atoms with Crippen LogP contribution in [0.1, 0.15) is 36.3 Å². The summed E-state index contributed by atoms with van der Waals surface area (Å²) < 4.78 is 34.0. The first-order chi connectivity index (χ1) is 13.5. The van der Waals surface area contributed by atoms with Crippen LogP contribution in [0.15, 0.2) is 42.5 Å². The number of para-hydroxylation sites is 1. The highest BCUT2D eigenvalue weighted by atomic mass is 19.1. The monoisotopic (exact) mass is 386 g/mol. The minimum atomic E-state index is -0.577. The third-order valence-electron chi connectivity index (χ3n) is 5.95. The van der Waals surface area contributed by atoms with Gasteiger partial charge in [-0.3, -0.25) is 9.69 Å². The van der Waals surface area contributed by atoms with Crippen molar-refractivity contribution in [1.29, 1.82) is 0 Å². The second-order valence-corrected chi connectivity index (χ2v) is 7.76. The normalized spacial score (nSPS) is 25.1. The Kier molecular flexibility index (Phi) is 5.06. The van der Waals surface area contributed by atoms with E-state index in [4.69, 9.17) is 4.74 Å². The zero-order chi connectivity index (χ0) is 19.7. The summed E-state index contributed by atoms with van der Waals surface area (Å²) >= 11 is 0. The van der Waals surface area contributed by atoms with Gasteiger partial charge < -0.3 is 10.1 Å². The molecule has 2 heterocycles. The van der Waals surface area contributed by atoms with Crippen molar-refractivity contribution in [1.82, 2.24) is 10.2 Å². The van der Waals surface area contributed by atoms with Gasteiger partial charge in [-0.15, -0.1) is 0 Å². The highest BCUT2D eigenvalue weighted by molar-refractivity contribution is 5.78. The zero-order valence-electron chi connectivity index (χ0n) is 15.9. The number of likely N-dealkylation sites (tertiary alicyclic amines) is 1. The molecule has 2 aromatic carbocycles. The van der Waals surface area contributed by atoms with Gasteiger partial charge in [0.2, 0.25) is 5.91 Å². The fraction of sp³-hybridized carbons (Fsp3) is 0.409. The molecule has 0 unspecified atom stereocenters. The predicted molar refractivity (Wildman–Crippen MR) is 102 cm³/mol. The Balaban J connectivity index is 1.67. The maximum absolute atomic E-state index is 14.6. The zero-order valence-corrected chi connectivity index (χ0v) is 15.9. The largest absolute Gasteiger partial charge is 0.496 e. The van der Waals surface area contributed by atoms with Crippen molar-refractivity contribution in [3.05, 3.63) is 65.2 Å². The van der Waals surface area contributed by atoms with Gasteiger partial charge in [0.25, 0.3) is 0 Å². The molecule has 0 aromatic heterocycles. The number of nitrogens with zero attached hydrogens (tertiary/aromatic N) is 1. The van der Waals surface area contributed by atoms with Crippen LogP contribution >= 0.6 is 0 Å². The number of carbonyl (C=O) groups excluding carboxylic acids is 1. The van der Waals surface area contributed by atoms with Crippen LogP contribution in [0.4, 0.5) is 8.78 Å². The molecule has 6 heteroatoms. The van der Waals surface area contributed by atoms with Crippen molar-refractivity contribution >= 4 is 5.91 Å². The Morgan fingerprint density at radius 2 is 2.07 bits per heavy atom. The highest BCUT2D eigenvalue weighted by Gasteiger charge is 2.50. The number of benzene rings is 2. The second kappa shape index (κ2) is 7.51. The summed E-state index contributed by atoms with van der Waals surface area (Å²) in [5.74, 6) is -0.416. The van der Waals surface area contributed by atoms with Gasteiger partial charge in [0, 0.05) is 37.5 Å². The van der Waals surface area contributed by atoms with E-state index >= 15 is 0 Å². The van der Waals surface area contributed by atoms with Crippen molar-refractivity contribution in [3.63, 3.8) is 0 Å². The SMILES string of the molecule is COc1ccccc1CN1C[C@@H](c2cc(F)ccc2F)[C@@]2(CCCC(=O)N2)C1. The molecule has 0 radical (unpaired) electrons. The Morgan fingerprint density at radius 3 is 2.86 bits per heavy atom. The van der Waals surface area contributed by atoms with Gasteiger partial charge in [-0.1, -0.05) is 18.2 Å². The molecule has 148 valence electrons. The van der Waals surface area contributed by atoms with Gasteiger partial charge in [0.15, 0.2) is 0 Å². The molecular weight excluding hydrogens is 362 g/mol. The minimum Gasteiger partial charge on any atom is -0.496 e. The van der Waals surface area contributed by atoms with Gasteiger partial charge in [-0.05, 0) is 42.7 Å². The number of halogens is 2. The number of carbonyl (C=O) groups is 1. The number of nitrogens with one attached hydrogen (secondary N) is 1. The molecule has 4 rings (SSSR count). The van der Waals surface area contributed by atoms with E-state index in [9.17, 15) is 13.6 Å². The number of amides is 1. The molecule has 2 aliphatic rings. The Hall–Kier alpha value is -2.47. The molecule has 2 aliphatic heterocycles. The third-order valence-corrected chi connectivity index (χ3v) is 5.95. The van der Waals surface area contributed by atoms with Crippen LogP contribution in [0.25, 0.3) is 0 Å². The van der Waals surface area contributed by atoms with Crippen molar-refractivity contribution < 1.29 is 18.3 Å². The van der Waals surface area contributed by atoms with Gasteiger partial charge in [-0.2, -0.15) is 0 Å². The van der Waals surface area contributed by atoms with Crippen LogP contribution in [0, 0.1) is 11.6 Å². The molecule has 2 aromatic rings. The minimum absolute atomic E-state index is 0.0211. The summed E-state index contributed by atoms with van der Waals surface area (Å²) in [4.78, 5) is 14.4. The third kappa shape index (κ3) is 3.49. The molecule has 1 N–H and O–H groups in total. The lowest BCUT2D eigenvalue weighted by Crippen LogP contribution is -2.56. The number of hydrogen-bond acceptors (Lipinski definition) is 3. The van der Waals surface area contributed by atoms with Crippen molar-refractivity contribution in [2.45, 2.75) is 37.3 Å². The summed E-state index contributed by atoms with van der Waals surface area (Å²) in [5.41, 5.74) is 0.791. The summed E-state index contributed by atoms with van der Waals surface area (Å²) in [6.07, 6.45) is 1.98. The van der Waals surface area contributed by atoms with E-state index in [1.807, 2.05) is 24.3 Å². The molecule has 28 heavy (non-hydrogen) atoms. The Bertz CT molecular complexity index is 889. The lowest BCUT2D eigenvalue weighted by Gasteiger charge is -2.39. The maximum Gasteiger partial charge on any atom is 0.220 e. The lowest BCUT2D eigenvalue weighted by molar-refractivity contribution is -0.125. The first-order valence-electron chi connectivity index (χ1n) is 9.61. The molecule has 2 saturated heterocycles. The first kappa shape index (κ1) is 18.9. The summed E-state index contributed by atoms with van der Waals surface area (Å²) in [6, 6.07) is 11.4. The molecule has 0 bridgehead atoms. The van der Waals surface area contributed by atoms with Crippen molar-refractivity contribution in [3.8, 4) is 5.75 Å². The number of rotatable bonds is 4. The summed E-state index contributed by atoms with van der Waals surface area (Å²) in [5, 5.41) is 3.13. The van der Waals surface area contributed by atoms with Crippen molar-refractivity contribution in [2.75, 3.05) is 20.2 Å². The van der Waals surface area contributed by atoms with E-state index in [2.05, 4.69) is 10.2 Å². The van der Waals surface area contributed by atoms with Crippen LogP contribution in [0.3, 0.4) is 0 Å². The van der Waals surface area contributed by atoms with Crippen molar-refractivity contribution in [2.24, 2.45) is 0 Å². The smallest absolute Gasteiger partial charge is 0.220 e. The number of methoxy groups -OCH3 is 1. The molecule has 2 fully saturated rings. The number of piperidine rings is 1. The van der Waals surface area contributed by atoms with Crippen LogP contribution in [-0.4, -0.2) is 36.5 Å². The lowest BCUT2D eigenvalue weighted by atomic mass is 9.76. The topological polar surface area (TPSA) is 41.6 Å². The summed E-state index contributed by atoms with van der Waals surface area (Å²) in [7, 11) is 1.64. The average Bonchev–Trinajstić information content (AvgIpc) is 3.00. The van der Waals surface area contributed by atoms with E-state index in [1.165, 1.54) is 12.1 Å².